The topological polar surface area (TPSA) is 99.6 Å². The summed E-state index contributed by atoms with van der Waals surface area (Å²) in [6.07, 6.45) is 3.17. The van der Waals surface area contributed by atoms with E-state index in [4.69, 9.17) is 0 Å². The van der Waals surface area contributed by atoms with Gasteiger partial charge >= 0.3 is 0 Å². The molecule has 0 bridgehead atoms. The molecular weight excluding hydrogens is 418 g/mol. The number of rotatable bonds is 4. The zero-order valence-corrected chi connectivity index (χ0v) is 18.5. The number of pyridine rings is 1. The zero-order chi connectivity index (χ0) is 23.7. The third-order valence-corrected chi connectivity index (χ3v) is 5.56. The summed E-state index contributed by atoms with van der Waals surface area (Å²) in [5.74, 6) is -1.95. The van der Waals surface area contributed by atoms with Gasteiger partial charge in [-0.1, -0.05) is 23.8 Å². The average Bonchev–Trinajstić information content (AvgIpc) is 3.06. The fourth-order valence-corrected chi connectivity index (χ4v) is 4.00. The number of aryl methyl sites for hydroxylation is 2. The van der Waals surface area contributed by atoms with Crippen molar-refractivity contribution in [3.63, 3.8) is 0 Å². The third-order valence-electron chi connectivity index (χ3n) is 5.56. The summed E-state index contributed by atoms with van der Waals surface area (Å²) in [6.45, 7) is 5.14. The highest BCUT2D eigenvalue weighted by Gasteiger charge is 2.47. The first-order chi connectivity index (χ1) is 15.8. The van der Waals surface area contributed by atoms with Gasteiger partial charge in [0.15, 0.2) is 0 Å². The van der Waals surface area contributed by atoms with Gasteiger partial charge in [0.05, 0.1) is 11.6 Å². The molecule has 1 atom stereocenters. The second kappa shape index (κ2) is 8.70. The van der Waals surface area contributed by atoms with Crippen molar-refractivity contribution in [2.45, 2.75) is 26.8 Å². The summed E-state index contributed by atoms with van der Waals surface area (Å²) < 4.78 is 0. The molecule has 3 aromatic rings. The molecule has 7 nitrogen and oxygen atoms in total. The molecule has 0 saturated carbocycles. The molecule has 1 aliphatic rings. The van der Waals surface area contributed by atoms with Crippen molar-refractivity contribution < 1.29 is 19.5 Å². The van der Waals surface area contributed by atoms with Crippen molar-refractivity contribution >= 4 is 34.7 Å². The van der Waals surface area contributed by atoms with Gasteiger partial charge in [0, 0.05) is 36.3 Å². The van der Waals surface area contributed by atoms with Crippen molar-refractivity contribution in [3.05, 3.63) is 94.8 Å². The number of anilines is 2. The van der Waals surface area contributed by atoms with Crippen LogP contribution >= 0.6 is 0 Å². The summed E-state index contributed by atoms with van der Waals surface area (Å²) in [5, 5.41) is 13.9. The maximum atomic E-state index is 13.2. The fraction of sp³-hybridized carbons (Fsp3) is 0.154. The highest BCUT2D eigenvalue weighted by Crippen LogP contribution is 2.42. The van der Waals surface area contributed by atoms with E-state index in [0.717, 1.165) is 11.1 Å². The third kappa shape index (κ3) is 4.13. The summed E-state index contributed by atoms with van der Waals surface area (Å²) >= 11 is 0. The highest BCUT2D eigenvalue weighted by molar-refractivity contribution is 6.51. The van der Waals surface area contributed by atoms with Crippen LogP contribution in [-0.2, 0) is 14.4 Å². The molecule has 33 heavy (non-hydrogen) atoms. The number of aromatic nitrogens is 1. The number of carbonyl (C=O) groups is 3. The smallest absolute Gasteiger partial charge is 0.300 e. The summed E-state index contributed by atoms with van der Waals surface area (Å²) in [4.78, 5) is 43.2. The molecule has 4 rings (SSSR count). The number of hydrogen-bond donors (Lipinski definition) is 2. The molecule has 2 amide bonds. The van der Waals surface area contributed by atoms with E-state index in [1.54, 1.807) is 54.9 Å². The number of nitrogens with zero attached hydrogens (tertiary/aromatic N) is 2. The van der Waals surface area contributed by atoms with Gasteiger partial charge in [-0.3, -0.25) is 24.3 Å². The van der Waals surface area contributed by atoms with Crippen molar-refractivity contribution in [3.8, 4) is 0 Å². The molecule has 2 heterocycles. The van der Waals surface area contributed by atoms with Crippen LogP contribution in [0.15, 0.2) is 72.6 Å². The molecule has 2 aromatic carbocycles. The van der Waals surface area contributed by atoms with Crippen LogP contribution < -0.4 is 10.2 Å². The number of Topliss-reactive ketones (excluding diaryl/α,β-unsaturated/α-hetero) is 1. The van der Waals surface area contributed by atoms with E-state index in [-0.39, 0.29) is 17.2 Å². The van der Waals surface area contributed by atoms with Crippen molar-refractivity contribution in [2.75, 3.05) is 10.2 Å². The summed E-state index contributed by atoms with van der Waals surface area (Å²) in [5.41, 5.74) is 3.83. The number of benzene rings is 2. The minimum absolute atomic E-state index is 0.00707. The first kappa shape index (κ1) is 22.0. The Kier molecular flexibility index (Phi) is 5.79. The van der Waals surface area contributed by atoms with Gasteiger partial charge in [-0.05, 0) is 61.4 Å². The van der Waals surface area contributed by atoms with E-state index in [2.05, 4.69) is 10.3 Å². The van der Waals surface area contributed by atoms with E-state index < -0.39 is 17.7 Å². The predicted octanol–water partition coefficient (Wildman–Crippen LogP) is 4.28. The second-order valence-electron chi connectivity index (χ2n) is 8.00. The molecule has 2 N–H and O–H groups in total. The lowest BCUT2D eigenvalue weighted by Crippen LogP contribution is -2.29. The molecule has 0 spiro atoms. The molecule has 166 valence electrons. The van der Waals surface area contributed by atoms with Gasteiger partial charge in [0.25, 0.3) is 11.7 Å². The maximum absolute atomic E-state index is 13.2. The number of hydrogen-bond acceptors (Lipinski definition) is 5. The molecular formula is C26H23N3O4. The van der Waals surface area contributed by atoms with Gasteiger partial charge in [-0.25, -0.2) is 0 Å². The first-order valence-electron chi connectivity index (χ1n) is 10.4. The molecule has 1 unspecified atom stereocenters. The molecule has 0 aliphatic carbocycles. The summed E-state index contributed by atoms with van der Waals surface area (Å²) in [6, 6.07) is 14.8. The van der Waals surface area contributed by atoms with Crippen molar-refractivity contribution in [1.29, 1.82) is 0 Å². The van der Waals surface area contributed by atoms with Crippen molar-refractivity contribution in [2.24, 2.45) is 0 Å². The van der Waals surface area contributed by atoms with Gasteiger partial charge in [-0.15, -0.1) is 0 Å². The zero-order valence-electron chi connectivity index (χ0n) is 18.5. The lowest BCUT2D eigenvalue weighted by atomic mass is 9.94. The quantitative estimate of drug-likeness (QED) is 0.358. The number of carbonyl (C=O) groups excluding carboxylic acids is 3. The standard InChI is InChI=1S/C26H23N3O4/c1-15-6-7-16(2)21(13-15)24(31)22-23(18-5-4-12-27-14-18)29(26(33)25(22)32)20-10-8-19(9-11-20)28-17(3)30/h4-14,23,31H,1-3H3,(H,28,30)/b24-22+. The van der Waals surface area contributed by atoms with Crippen LogP contribution in [0.5, 0.6) is 0 Å². The summed E-state index contributed by atoms with van der Waals surface area (Å²) in [7, 11) is 0. The molecule has 7 heteroatoms. The van der Waals surface area contributed by atoms with Gasteiger partial charge < -0.3 is 10.4 Å². The largest absolute Gasteiger partial charge is 0.507 e. The monoisotopic (exact) mass is 441 g/mol. The molecule has 1 saturated heterocycles. The second-order valence-corrected chi connectivity index (χ2v) is 8.00. The Morgan fingerprint density at radius 2 is 1.79 bits per heavy atom. The normalized spacial score (nSPS) is 17.3. The van der Waals surface area contributed by atoms with Gasteiger partial charge in [-0.2, -0.15) is 0 Å². The maximum Gasteiger partial charge on any atom is 0.300 e. The lowest BCUT2D eigenvalue weighted by Gasteiger charge is -2.25. The SMILES string of the molecule is CC(=O)Nc1ccc(N2C(=O)C(=O)/C(=C(/O)c3cc(C)ccc3C)C2c2cccnc2)cc1. The van der Waals surface area contributed by atoms with E-state index in [9.17, 15) is 19.5 Å². The fourth-order valence-electron chi connectivity index (χ4n) is 4.00. The Balaban J connectivity index is 1.89. The number of nitrogens with one attached hydrogen (secondary N) is 1. The Morgan fingerprint density at radius 3 is 2.42 bits per heavy atom. The lowest BCUT2D eigenvalue weighted by molar-refractivity contribution is -0.132. The van der Waals surface area contributed by atoms with E-state index in [0.29, 0.717) is 22.5 Å². The number of aliphatic hydroxyl groups is 1. The number of ketones is 1. The Labute approximate surface area is 191 Å². The van der Waals surface area contributed by atoms with Gasteiger partial charge in [0.2, 0.25) is 5.91 Å². The Morgan fingerprint density at radius 1 is 1.06 bits per heavy atom. The van der Waals surface area contributed by atoms with Crippen LogP contribution in [0, 0.1) is 13.8 Å². The van der Waals surface area contributed by atoms with Crippen LogP contribution in [0.3, 0.4) is 0 Å². The van der Waals surface area contributed by atoms with Crippen LogP contribution in [0.2, 0.25) is 0 Å². The first-order valence-corrected chi connectivity index (χ1v) is 10.4. The molecule has 1 aromatic heterocycles. The van der Waals surface area contributed by atoms with E-state index in [1.165, 1.54) is 11.8 Å². The van der Waals surface area contributed by atoms with Crippen LogP contribution in [0.4, 0.5) is 11.4 Å². The minimum Gasteiger partial charge on any atom is -0.507 e. The molecule has 1 aliphatic heterocycles. The van der Waals surface area contributed by atoms with Crippen molar-refractivity contribution in [1.82, 2.24) is 4.98 Å². The van der Waals surface area contributed by atoms with Crippen LogP contribution in [0.1, 0.15) is 35.2 Å². The Bertz CT molecular complexity index is 1280. The van der Waals surface area contributed by atoms with Crippen LogP contribution in [0.25, 0.3) is 5.76 Å². The molecule has 0 radical (unpaired) electrons. The van der Waals surface area contributed by atoms with Gasteiger partial charge in [0.1, 0.15) is 5.76 Å². The van der Waals surface area contributed by atoms with E-state index in [1.807, 2.05) is 26.0 Å². The number of aliphatic hydroxyl groups excluding tert-OH is 1. The predicted molar refractivity (Wildman–Crippen MR) is 126 cm³/mol. The minimum atomic E-state index is -0.856. The number of amides is 2. The van der Waals surface area contributed by atoms with Crippen LogP contribution in [-0.4, -0.2) is 27.7 Å². The molecule has 1 fully saturated rings. The average molecular weight is 441 g/mol. The van der Waals surface area contributed by atoms with E-state index >= 15 is 0 Å². The highest BCUT2D eigenvalue weighted by atomic mass is 16.3. The Hall–Kier alpha value is -4.26.